The molecule has 11 heteroatoms. The summed E-state index contributed by atoms with van der Waals surface area (Å²) in [7, 11) is 0. The largest absolute Gasteiger partial charge is 0.508 e. The molecular formula is C37H37F2N5O4. The molecule has 1 aliphatic carbocycles. The van der Waals surface area contributed by atoms with E-state index in [4.69, 9.17) is 25.6 Å². The van der Waals surface area contributed by atoms with Crippen molar-refractivity contribution in [3.05, 3.63) is 53.6 Å². The Balaban J connectivity index is 1.09. The minimum absolute atomic E-state index is 0.01000. The van der Waals surface area contributed by atoms with Crippen molar-refractivity contribution in [3.8, 4) is 35.2 Å². The number of likely N-dealkylation sites (tertiary alicyclic amines) is 1. The number of rotatable bonds is 7. The number of halogens is 2. The van der Waals surface area contributed by atoms with E-state index in [-0.39, 0.29) is 51.6 Å². The molecule has 48 heavy (non-hydrogen) atoms. The predicted octanol–water partition coefficient (Wildman–Crippen LogP) is 4.61. The lowest BCUT2D eigenvalue weighted by atomic mass is 9.93. The van der Waals surface area contributed by atoms with Crippen LogP contribution in [0.1, 0.15) is 31.2 Å². The summed E-state index contributed by atoms with van der Waals surface area (Å²) in [4.78, 5) is 14.2. The Morgan fingerprint density at radius 3 is 2.44 bits per heavy atom. The van der Waals surface area contributed by atoms with E-state index in [1.54, 1.807) is 12.1 Å². The minimum atomic E-state index is -0.612. The maximum absolute atomic E-state index is 16.9. The fourth-order valence-corrected chi connectivity index (χ4v) is 8.27. The molecule has 1 aromatic heterocycles. The Morgan fingerprint density at radius 1 is 0.979 bits per heavy atom. The second kappa shape index (κ2) is 11.5. The molecule has 5 fully saturated rings. The Morgan fingerprint density at radius 2 is 1.73 bits per heavy atom. The van der Waals surface area contributed by atoms with Gasteiger partial charge in [0.2, 0.25) is 0 Å². The first-order chi connectivity index (χ1) is 23.4. The SMILES string of the molecule is C#Cc1c(F)ccc2cc(O)cc(-c3ccc4c(N5CC6CCC(C5)N6)nc(OCC5(CN6CC7OCCOC7C6)CC5)nc4c3F)c12. The van der Waals surface area contributed by atoms with Crippen molar-refractivity contribution in [1.82, 2.24) is 20.2 Å². The van der Waals surface area contributed by atoms with Crippen LogP contribution in [0.2, 0.25) is 0 Å². The van der Waals surface area contributed by atoms with Gasteiger partial charge in [0, 0.05) is 66.6 Å². The fourth-order valence-electron chi connectivity index (χ4n) is 8.27. The summed E-state index contributed by atoms with van der Waals surface area (Å²) in [6, 6.07) is 9.95. The molecule has 2 N–H and O–H groups in total. The summed E-state index contributed by atoms with van der Waals surface area (Å²) in [6.45, 7) is 5.75. The van der Waals surface area contributed by atoms with Crippen molar-refractivity contribution in [1.29, 1.82) is 0 Å². The first-order valence-corrected chi connectivity index (χ1v) is 16.9. The number of benzene rings is 3. The average molecular weight is 654 g/mol. The quantitative estimate of drug-likeness (QED) is 0.278. The molecule has 4 atom stereocenters. The summed E-state index contributed by atoms with van der Waals surface area (Å²) in [5.74, 6) is 1.77. The third-order valence-corrected chi connectivity index (χ3v) is 10.8. The highest BCUT2D eigenvalue weighted by atomic mass is 19.1. The monoisotopic (exact) mass is 653 g/mol. The number of phenols is 1. The van der Waals surface area contributed by atoms with Crippen molar-refractivity contribution < 1.29 is 28.1 Å². The van der Waals surface area contributed by atoms with E-state index in [1.165, 1.54) is 24.3 Å². The molecule has 5 aliphatic rings. The molecule has 1 saturated carbocycles. The van der Waals surface area contributed by atoms with E-state index in [0.717, 1.165) is 58.4 Å². The second-order valence-electron chi connectivity index (χ2n) is 14.2. The van der Waals surface area contributed by atoms with Gasteiger partial charge in [-0.25, -0.2) is 8.78 Å². The summed E-state index contributed by atoms with van der Waals surface area (Å²) in [6.07, 6.45) is 10.2. The van der Waals surface area contributed by atoms with Crippen LogP contribution in [0.3, 0.4) is 0 Å². The zero-order valence-electron chi connectivity index (χ0n) is 26.6. The molecule has 2 bridgehead atoms. The van der Waals surface area contributed by atoms with E-state index in [0.29, 0.717) is 53.9 Å². The molecule has 4 aliphatic heterocycles. The average Bonchev–Trinajstić information content (AvgIpc) is 3.59. The number of hydrogen-bond acceptors (Lipinski definition) is 9. The van der Waals surface area contributed by atoms with E-state index in [1.807, 2.05) is 0 Å². The van der Waals surface area contributed by atoms with Gasteiger partial charge in [-0.2, -0.15) is 9.97 Å². The summed E-state index contributed by atoms with van der Waals surface area (Å²) in [5, 5.41) is 15.7. The Kier molecular flexibility index (Phi) is 7.20. The van der Waals surface area contributed by atoms with Gasteiger partial charge < -0.3 is 29.5 Å². The lowest BCUT2D eigenvalue weighted by Crippen LogP contribution is -2.51. The molecule has 9 rings (SSSR count). The highest BCUT2D eigenvalue weighted by molar-refractivity contribution is 6.04. The van der Waals surface area contributed by atoms with Crippen LogP contribution in [0.25, 0.3) is 32.8 Å². The van der Waals surface area contributed by atoms with Crippen molar-refractivity contribution in [2.24, 2.45) is 5.41 Å². The lowest BCUT2D eigenvalue weighted by molar-refractivity contribution is -0.116. The molecule has 4 aromatic rings. The zero-order chi connectivity index (χ0) is 32.6. The number of phenolic OH excluding ortho intramolecular Hbond substituents is 1. The molecule has 5 heterocycles. The number of piperazine rings is 1. The number of hydrogen-bond donors (Lipinski definition) is 2. The predicted molar refractivity (Wildman–Crippen MR) is 177 cm³/mol. The van der Waals surface area contributed by atoms with E-state index in [9.17, 15) is 9.50 Å². The van der Waals surface area contributed by atoms with Gasteiger partial charge in [-0.1, -0.05) is 18.1 Å². The second-order valence-corrected chi connectivity index (χ2v) is 14.2. The fraction of sp³-hybridized carbons (Fsp3) is 0.459. The van der Waals surface area contributed by atoms with Crippen molar-refractivity contribution in [2.75, 3.05) is 57.4 Å². The third kappa shape index (κ3) is 5.22. The smallest absolute Gasteiger partial charge is 0.319 e. The van der Waals surface area contributed by atoms with Gasteiger partial charge in [-0.05, 0) is 60.9 Å². The molecule has 4 unspecified atom stereocenters. The number of nitrogens with zero attached hydrogens (tertiary/aromatic N) is 4. The molecule has 248 valence electrons. The molecule has 9 nitrogen and oxygen atoms in total. The van der Waals surface area contributed by atoms with Crippen molar-refractivity contribution in [3.63, 3.8) is 0 Å². The normalized spacial score (nSPS) is 26.1. The highest BCUT2D eigenvalue weighted by Crippen LogP contribution is 2.47. The van der Waals surface area contributed by atoms with Crippen LogP contribution in [0.5, 0.6) is 11.8 Å². The number of ether oxygens (including phenoxy) is 3. The van der Waals surface area contributed by atoms with Gasteiger partial charge >= 0.3 is 6.01 Å². The number of fused-ring (bicyclic) bond motifs is 5. The summed E-state index contributed by atoms with van der Waals surface area (Å²) < 4.78 is 50.0. The van der Waals surface area contributed by atoms with E-state index >= 15 is 4.39 Å². The Hall–Kier alpha value is -4.08. The van der Waals surface area contributed by atoms with Gasteiger partial charge in [0.15, 0.2) is 5.82 Å². The molecule has 0 spiro atoms. The zero-order valence-corrected chi connectivity index (χ0v) is 26.6. The maximum atomic E-state index is 16.9. The summed E-state index contributed by atoms with van der Waals surface area (Å²) >= 11 is 0. The van der Waals surface area contributed by atoms with Crippen molar-refractivity contribution in [2.45, 2.75) is 50.0 Å². The third-order valence-electron chi connectivity index (χ3n) is 10.8. The van der Waals surface area contributed by atoms with Gasteiger partial charge in [0.25, 0.3) is 0 Å². The number of anilines is 1. The van der Waals surface area contributed by atoms with Gasteiger partial charge in [-0.3, -0.25) is 4.90 Å². The number of nitrogens with one attached hydrogen (secondary N) is 1. The lowest BCUT2D eigenvalue weighted by Gasteiger charge is -2.34. The molecule has 4 saturated heterocycles. The number of terminal acetylenes is 1. The molecule has 3 aromatic carbocycles. The van der Waals surface area contributed by atoms with Gasteiger partial charge in [-0.15, -0.1) is 6.42 Å². The molecule has 0 radical (unpaired) electrons. The highest BCUT2D eigenvalue weighted by Gasteiger charge is 2.48. The van der Waals surface area contributed by atoms with Crippen LogP contribution in [0, 0.1) is 29.4 Å². The Labute approximate surface area is 277 Å². The topological polar surface area (TPSA) is 92.2 Å². The number of aromatic nitrogens is 2. The van der Waals surface area contributed by atoms with Crippen LogP contribution >= 0.6 is 0 Å². The molecule has 0 amide bonds. The van der Waals surface area contributed by atoms with Crippen LogP contribution < -0.4 is 15.0 Å². The number of aromatic hydroxyl groups is 1. The first-order valence-electron chi connectivity index (χ1n) is 16.9. The summed E-state index contributed by atoms with van der Waals surface area (Å²) in [5.41, 5.74) is 0.527. The van der Waals surface area contributed by atoms with Crippen molar-refractivity contribution >= 4 is 27.5 Å². The van der Waals surface area contributed by atoms with E-state index < -0.39 is 11.6 Å². The Bertz CT molecular complexity index is 1950. The van der Waals surface area contributed by atoms with Crippen LogP contribution in [-0.4, -0.2) is 96.8 Å². The maximum Gasteiger partial charge on any atom is 0.319 e. The van der Waals surface area contributed by atoms with Gasteiger partial charge in [0.05, 0.1) is 37.6 Å². The molecular weight excluding hydrogens is 616 g/mol. The van der Waals surface area contributed by atoms with Crippen LogP contribution in [0.4, 0.5) is 14.6 Å². The minimum Gasteiger partial charge on any atom is -0.508 e. The van der Waals surface area contributed by atoms with Crippen LogP contribution in [0.15, 0.2) is 36.4 Å². The van der Waals surface area contributed by atoms with E-state index in [2.05, 4.69) is 26.0 Å². The van der Waals surface area contributed by atoms with Gasteiger partial charge in [0.1, 0.15) is 22.9 Å². The standard InChI is InChI=1S/C37H37F2N5O4/c1-2-25-29(38)8-3-21-13-24(45)14-28(32(21)25)26-6-7-27-34(33(26)39)41-36(42-35(27)44-15-22-4-5-23(16-44)40-22)48-20-37(9-10-37)19-43-17-30-31(18-43)47-12-11-46-30/h1,3,6-8,13-14,22-23,30-31,40,45H,4-5,9-12,15-20H2. The first kappa shape index (κ1) is 30.0. The van der Waals surface area contributed by atoms with Crippen LogP contribution in [-0.2, 0) is 9.47 Å².